The molecule has 1 saturated carbocycles. The van der Waals surface area contributed by atoms with Crippen LogP contribution in [0.4, 0.5) is 0 Å². The first-order valence-corrected chi connectivity index (χ1v) is 6.25. The van der Waals surface area contributed by atoms with E-state index in [1.807, 2.05) is 0 Å². The monoisotopic (exact) mass is 195 g/mol. The van der Waals surface area contributed by atoms with E-state index in [0.29, 0.717) is 5.92 Å². The molecule has 2 heterocycles. The number of rotatable bonds is 3. The van der Waals surface area contributed by atoms with E-state index in [-0.39, 0.29) is 6.10 Å². The molecule has 3 rings (SSSR count). The molecule has 3 fully saturated rings. The highest BCUT2D eigenvalue weighted by atomic mass is 16.3. The fourth-order valence-corrected chi connectivity index (χ4v) is 3.30. The number of fused-ring (bicyclic) bond motifs is 2. The van der Waals surface area contributed by atoms with Crippen molar-refractivity contribution in [2.75, 3.05) is 0 Å². The van der Waals surface area contributed by atoms with E-state index >= 15 is 0 Å². The summed E-state index contributed by atoms with van der Waals surface area (Å²) in [6.07, 6.45) is 8.98. The molecule has 2 aliphatic heterocycles. The van der Waals surface area contributed by atoms with Crippen LogP contribution in [0, 0.1) is 11.8 Å². The minimum absolute atomic E-state index is 0.00713. The van der Waals surface area contributed by atoms with Crippen LogP contribution in [0.25, 0.3) is 0 Å². The van der Waals surface area contributed by atoms with Crippen LogP contribution in [0.1, 0.15) is 44.9 Å². The van der Waals surface area contributed by atoms with Crippen molar-refractivity contribution >= 4 is 0 Å². The van der Waals surface area contributed by atoms with Crippen LogP contribution >= 0.6 is 0 Å². The third-order valence-electron chi connectivity index (χ3n) is 4.33. The van der Waals surface area contributed by atoms with Crippen LogP contribution in [0.15, 0.2) is 0 Å². The lowest BCUT2D eigenvalue weighted by Gasteiger charge is -2.32. The first-order valence-electron chi connectivity index (χ1n) is 6.25. The van der Waals surface area contributed by atoms with Crippen molar-refractivity contribution in [3.63, 3.8) is 0 Å². The zero-order valence-corrected chi connectivity index (χ0v) is 8.78. The summed E-state index contributed by atoms with van der Waals surface area (Å²) in [6, 6.07) is 1.46. The fraction of sp³-hybridized carbons (Fsp3) is 1.00. The Labute approximate surface area is 86.1 Å². The zero-order chi connectivity index (χ0) is 9.54. The molecule has 0 radical (unpaired) electrons. The molecule has 2 saturated heterocycles. The van der Waals surface area contributed by atoms with Gasteiger partial charge in [0.25, 0.3) is 0 Å². The number of hydrogen-bond acceptors (Lipinski definition) is 2. The van der Waals surface area contributed by atoms with Gasteiger partial charge in [-0.3, -0.25) is 0 Å². The molecule has 0 spiro atoms. The molecule has 3 unspecified atom stereocenters. The van der Waals surface area contributed by atoms with E-state index in [2.05, 4.69) is 5.32 Å². The Bertz CT molecular complexity index is 202. The van der Waals surface area contributed by atoms with Gasteiger partial charge >= 0.3 is 0 Å². The standard InChI is InChI=1S/C12H21NO/c14-12(5-8-1-2-8)9-6-10-3-4-11(7-9)13-10/h8-14H,1-7H2. The Morgan fingerprint density at radius 3 is 2.29 bits per heavy atom. The zero-order valence-electron chi connectivity index (χ0n) is 8.78. The predicted octanol–water partition coefficient (Wildman–Crippen LogP) is 1.68. The second kappa shape index (κ2) is 3.49. The van der Waals surface area contributed by atoms with Gasteiger partial charge in [-0.25, -0.2) is 0 Å². The summed E-state index contributed by atoms with van der Waals surface area (Å²) in [7, 11) is 0. The van der Waals surface area contributed by atoms with Crippen LogP contribution in [0.2, 0.25) is 0 Å². The summed E-state index contributed by atoms with van der Waals surface area (Å²) in [4.78, 5) is 0. The minimum Gasteiger partial charge on any atom is -0.393 e. The van der Waals surface area contributed by atoms with Crippen molar-refractivity contribution in [3.05, 3.63) is 0 Å². The Balaban J connectivity index is 1.56. The lowest BCUT2D eigenvalue weighted by molar-refractivity contribution is 0.0646. The second-order valence-corrected chi connectivity index (χ2v) is 5.62. The SMILES string of the molecule is OC(CC1CC1)C1CC2CCC(C1)N2. The van der Waals surface area contributed by atoms with E-state index in [4.69, 9.17) is 0 Å². The maximum Gasteiger partial charge on any atom is 0.0572 e. The number of nitrogens with one attached hydrogen (secondary N) is 1. The van der Waals surface area contributed by atoms with Crippen LogP contribution in [-0.4, -0.2) is 23.3 Å². The smallest absolute Gasteiger partial charge is 0.0572 e. The lowest BCUT2D eigenvalue weighted by atomic mass is 9.85. The number of aliphatic hydroxyl groups excluding tert-OH is 1. The molecule has 2 N–H and O–H groups in total. The summed E-state index contributed by atoms with van der Waals surface area (Å²) in [5, 5.41) is 13.8. The van der Waals surface area contributed by atoms with Crippen LogP contribution in [-0.2, 0) is 0 Å². The van der Waals surface area contributed by atoms with Crippen molar-refractivity contribution < 1.29 is 5.11 Å². The van der Waals surface area contributed by atoms with Gasteiger partial charge in [-0.15, -0.1) is 0 Å². The van der Waals surface area contributed by atoms with Gasteiger partial charge in [-0.1, -0.05) is 12.8 Å². The molecule has 2 bridgehead atoms. The highest BCUT2D eigenvalue weighted by Gasteiger charge is 2.37. The summed E-state index contributed by atoms with van der Waals surface area (Å²) in [5.74, 6) is 1.48. The highest BCUT2D eigenvalue weighted by molar-refractivity contribution is 4.94. The maximum atomic E-state index is 10.1. The van der Waals surface area contributed by atoms with E-state index in [1.54, 1.807) is 0 Å². The lowest BCUT2D eigenvalue weighted by Crippen LogP contribution is -2.41. The van der Waals surface area contributed by atoms with Crippen LogP contribution < -0.4 is 5.32 Å². The number of piperidine rings is 1. The first kappa shape index (κ1) is 9.17. The third-order valence-corrected chi connectivity index (χ3v) is 4.33. The van der Waals surface area contributed by atoms with Gasteiger partial charge < -0.3 is 10.4 Å². The maximum absolute atomic E-state index is 10.1. The van der Waals surface area contributed by atoms with E-state index in [0.717, 1.165) is 24.4 Å². The molecular formula is C12H21NO. The number of hydrogen-bond donors (Lipinski definition) is 2. The average Bonchev–Trinajstić information content (AvgIpc) is 2.93. The predicted molar refractivity (Wildman–Crippen MR) is 56.0 cm³/mol. The molecule has 2 heteroatoms. The summed E-state index contributed by atoms with van der Waals surface area (Å²) in [6.45, 7) is 0. The van der Waals surface area contributed by atoms with E-state index in [1.165, 1.54) is 38.5 Å². The summed E-state index contributed by atoms with van der Waals surface area (Å²) in [5.41, 5.74) is 0. The molecule has 3 atom stereocenters. The van der Waals surface area contributed by atoms with E-state index in [9.17, 15) is 5.11 Å². The average molecular weight is 195 g/mol. The molecular weight excluding hydrogens is 174 g/mol. The highest BCUT2D eigenvalue weighted by Crippen LogP contribution is 2.39. The Kier molecular flexibility index (Phi) is 2.29. The van der Waals surface area contributed by atoms with Gasteiger partial charge in [0.1, 0.15) is 0 Å². The molecule has 2 nitrogen and oxygen atoms in total. The van der Waals surface area contributed by atoms with Crippen molar-refractivity contribution in [1.29, 1.82) is 0 Å². The molecule has 1 aliphatic carbocycles. The van der Waals surface area contributed by atoms with Gasteiger partial charge in [0.2, 0.25) is 0 Å². The molecule has 0 aromatic heterocycles. The summed E-state index contributed by atoms with van der Waals surface area (Å²) >= 11 is 0. The second-order valence-electron chi connectivity index (χ2n) is 5.62. The molecule has 3 aliphatic rings. The Hall–Kier alpha value is -0.0800. The Morgan fingerprint density at radius 2 is 1.71 bits per heavy atom. The van der Waals surface area contributed by atoms with Crippen LogP contribution in [0.5, 0.6) is 0 Å². The number of aliphatic hydroxyl groups is 1. The quantitative estimate of drug-likeness (QED) is 0.718. The van der Waals surface area contributed by atoms with Gasteiger partial charge in [0, 0.05) is 12.1 Å². The largest absolute Gasteiger partial charge is 0.393 e. The van der Waals surface area contributed by atoms with Gasteiger partial charge in [-0.05, 0) is 43.9 Å². The minimum atomic E-state index is 0.00713. The third kappa shape index (κ3) is 1.82. The van der Waals surface area contributed by atoms with Gasteiger partial charge in [0.05, 0.1) is 6.10 Å². The normalized spacial score (nSPS) is 43.9. The van der Waals surface area contributed by atoms with Crippen molar-refractivity contribution in [2.24, 2.45) is 11.8 Å². The summed E-state index contributed by atoms with van der Waals surface area (Å²) < 4.78 is 0. The molecule has 14 heavy (non-hydrogen) atoms. The van der Waals surface area contributed by atoms with E-state index < -0.39 is 0 Å². The van der Waals surface area contributed by atoms with Gasteiger partial charge in [-0.2, -0.15) is 0 Å². The van der Waals surface area contributed by atoms with Crippen LogP contribution in [0.3, 0.4) is 0 Å². The molecule has 80 valence electrons. The first-order chi connectivity index (χ1) is 6.81. The topological polar surface area (TPSA) is 32.3 Å². The fourth-order valence-electron chi connectivity index (χ4n) is 3.30. The van der Waals surface area contributed by atoms with Crippen molar-refractivity contribution in [2.45, 2.75) is 63.1 Å². The van der Waals surface area contributed by atoms with Gasteiger partial charge in [0.15, 0.2) is 0 Å². The van der Waals surface area contributed by atoms with Crippen molar-refractivity contribution in [3.8, 4) is 0 Å². The molecule has 0 aromatic carbocycles. The van der Waals surface area contributed by atoms with Crippen molar-refractivity contribution in [1.82, 2.24) is 5.32 Å². The molecule has 0 amide bonds. The Morgan fingerprint density at radius 1 is 1.07 bits per heavy atom. The molecule has 0 aromatic rings.